The van der Waals surface area contributed by atoms with Crippen molar-refractivity contribution < 1.29 is 19.2 Å². The molecule has 1 amide bonds. The number of hydrogen-bond acceptors (Lipinski definition) is 9. The van der Waals surface area contributed by atoms with Crippen molar-refractivity contribution in [2.75, 3.05) is 17.3 Å². The summed E-state index contributed by atoms with van der Waals surface area (Å²) >= 11 is 11.8. The number of hydrogen-bond donors (Lipinski definition) is 3. The zero-order valence-corrected chi connectivity index (χ0v) is 20.1. The van der Waals surface area contributed by atoms with Gasteiger partial charge in [0.25, 0.3) is 5.91 Å². The summed E-state index contributed by atoms with van der Waals surface area (Å²) in [7, 11) is 0. The number of hydrazine groups is 1. The van der Waals surface area contributed by atoms with Crippen LogP contribution >= 0.6 is 23.2 Å². The molecule has 3 rings (SSSR count). The van der Waals surface area contributed by atoms with E-state index >= 15 is 0 Å². The highest BCUT2D eigenvalue weighted by Crippen LogP contribution is 2.31. The number of nitrogens with one attached hydrogen (secondary N) is 3. The molecule has 0 bridgehead atoms. The lowest BCUT2D eigenvalue weighted by Gasteiger charge is -2.12. The first-order valence-corrected chi connectivity index (χ1v) is 11.0. The molecule has 1 heterocycles. The molecule has 0 spiro atoms. The van der Waals surface area contributed by atoms with Crippen LogP contribution in [0.1, 0.15) is 34.6 Å². The lowest BCUT2D eigenvalue weighted by Crippen LogP contribution is -2.30. The van der Waals surface area contributed by atoms with E-state index in [-0.39, 0.29) is 28.1 Å². The number of benzene rings is 2. The van der Waals surface area contributed by atoms with Gasteiger partial charge in [-0.1, -0.05) is 37.0 Å². The number of anilines is 3. The maximum Gasteiger partial charge on any atom is 0.355 e. The molecular formula is C22H20Cl2N6O5. The smallest absolute Gasteiger partial charge is 0.355 e. The van der Waals surface area contributed by atoms with Crippen molar-refractivity contribution >= 4 is 58.1 Å². The molecule has 0 aliphatic rings. The summed E-state index contributed by atoms with van der Waals surface area (Å²) in [5.74, 6) is -1.33. The predicted octanol–water partition coefficient (Wildman–Crippen LogP) is 5.00. The number of amides is 1. The average molecular weight is 519 g/mol. The van der Waals surface area contributed by atoms with Crippen molar-refractivity contribution in [3.8, 4) is 0 Å². The Morgan fingerprint density at radius 1 is 1.09 bits per heavy atom. The highest BCUT2D eigenvalue weighted by atomic mass is 35.5. The zero-order valence-electron chi connectivity index (χ0n) is 18.5. The molecular weight excluding hydrogens is 499 g/mol. The monoisotopic (exact) mass is 518 g/mol. The second kappa shape index (κ2) is 11.4. The molecule has 2 aromatic carbocycles. The predicted molar refractivity (Wildman–Crippen MR) is 131 cm³/mol. The Kier molecular flexibility index (Phi) is 8.39. The molecule has 13 heteroatoms. The van der Waals surface area contributed by atoms with E-state index in [0.717, 1.165) is 6.33 Å². The van der Waals surface area contributed by atoms with Crippen LogP contribution in [0, 0.1) is 16.0 Å². The third kappa shape index (κ3) is 6.78. The standard InChI is InChI=1S/C22H20Cl2N6O5/c1-12(2)10-35-22(32)13-3-6-15(7-4-13)27-19-18(30(33)34)20(26-11-25-19)28-29-21(31)16-8-5-14(23)9-17(16)24/h3-9,11-12H,10H2,1-2H3,(H,29,31)(H2,25,26,27,28). The number of esters is 1. The third-order valence-corrected chi connectivity index (χ3v) is 4.95. The number of aromatic nitrogens is 2. The minimum Gasteiger partial charge on any atom is -0.462 e. The van der Waals surface area contributed by atoms with Crippen LogP contribution in [0.5, 0.6) is 0 Å². The van der Waals surface area contributed by atoms with Crippen molar-refractivity contribution in [1.82, 2.24) is 15.4 Å². The van der Waals surface area contributed by atoms with Crippen LogP contribution in [0.25, 0.3) is 0 Å². The van der Waals surface area contributed by atoms with Gasteiger partial charge in [-0.2, -0.15) is 0 Å². The van der Waals surface area contributed by atoms with E-state index in [1.165, 1.54) is 30.3 Å². The summed E-state index contributed by atoms with van der Waals surface area (Å²) < 4.78 is 5.18. The van der Waals surface area contributed by atoms with Gasteiger partial charge in [-0.25, -0.2) is 14.8 Å². The van der Waals surface area contributed by atoms with E-state index in [1.54, 1.807) is 12.1 Å². The molecule has 0 atom stereocenters. The topological polar surface area (TPSA) is 148 Å². The molecule has 0 unspecified atom stereocenters. The number of carbonyl (C=O) groups is 2. The Morgan fingerprint density at radius 3 is 2.40 bits per heavy atom. The van der Waals surface area contributed by atoms with Gasteiger partial charge < -0.3 is 10.1 Å². The molecule has 11 nitrogen and oxygen atoms in total. The van der Waals surface area contributed by atoms with Gasteiger partial charge in [0.1, 0.15) is 6.33 Å². The number of halogens is 2. The summed E-state index contributed by atoms with van der Waals surface area (Å²) in [6.07, 6.45) is 1.08. The molecule has 3 N–H and O–H groups in total. The Balaban J connectivity index is 1.75. The van der Waals surface area contributed by atoms with Gasteiger partial charge >= 0.3 is 11.7 Å². The van der Waals surface area contributed by atoms with Gasteiger partial charge in [0.2, 0.25) is 11.6 Å². The Bertz CT molecular complexity index is 1250. The first-order chi connectivity index (χ1) is 16.7. The number of rotatable bonds is 9. The van der Waals surface area contributed by atoms with Crippen molar-refractivity contribution in [3.05, 3.63) is 80.1 Å². The normalized spacial score (nSPS) is 10.5. The summed E-state index contributed by atoms with van der Waals surface area (Å²) in [6.45, 7) is 4.15. The van der Waals surface area contributed by atoms with E-state index < -0.39 is 22.5 Å². The molecule has 3 aromatic rings. The van der Waals surface area contributed by atoms with Gasteiger partial charge in [0.15, 0.2) is 0 Å². The third-order valence-electron chi connectivity index (χ3n) is 4.41. The fourth-order valence-electron chi connectivity index (χ4n) is 2.74. The van der Waals surface area contributed by atoms with Crippen LogP contribution in [0.3, 0.4) is 0 Å². The molecule has 0 aliphatic carbocycles. The molecule has 182 valence electrons. The number of carbonyl (C=O) groups excluding carboxylic acids is 2. The Hall–Kier alpha value is -3.96. The van der Waals surface area contributed by atoms with Gasteiger partial charge in [0, 0.05) is 10.7 Å². The van der Waals surface area contributed by atoms with Crippen LogP contribution in [0.15, 0.2) is 48.8 Å². The van der Waals surface area contributed by atoms with Crippen LogP contribution in [0.4, 0.5) is 23.0 Å². The minimum atomic E-state index is -0.705. The molecule has 35 heavy (non-hydrogen) atoms. The lowest BCUT2D eigenvalue weighted by molar-refractivity contribution is -0.383. The summed E-state index contributed by atoms with van der Waals surface area (Å²) in [5.41, 5.74) is 5.08. The Labute approximate surface area is 209 Å². The van der Waals surface area contributed by atoms with E-state index in [9.17, 15) is 19.7 Å². The summed E-state index contributed by atoms with van der Waals surface area (Å²) in [6, 6.07) is 10.4. The second-order valence-electron chi connectivity index (χ2n) is 7.57. The summed E-state index contributed by atoms with van der Waals surface area (Å²) in [5, 5.41) is 15.0. The molecule has 1 aromatic heterocycles. The van der Waals surface area contributed by atoms with Crippen LogP contribution in [-0.4, -0.2) is 33.4 Å². The quantitative estimate of drug-likeness (QED) is 0.202. The first kappa shape index (κ1) is 25.7. The molecule has 0 saturated heterocycles. The fourth-order valence-corrected chi connectivity index (χ4v) is 3.24. The molecule has 0 saturated carbocycles. The van der Waals surface area contributed by atoms with Gasteiger partial charge in [-0.15, -0.1) is 0 Å². The number of nitro groups is 1. The maximum atomic E-state index is 12.4. The van der Waals surface area contributed by atoms with Crippen molar-refractivity contribution in [3.63, 3.8) is 0 Å². The van der Waals surface area contributed by atoms with Crippen LogP contribution < -0.4 is 16.2 Å². The number of nitrogens with zero attached hydrogens (tertiary/aromatic N) is 3. The Morgan fingerprint density at radius 2 is 1.77 bits per heavy atom. The zero-order chi connectivity index (χ0) is 25.5. The van der Waals surface area contributed by atoms with E-state index in [4.69, 9.17) is 27.9 Å². The van der Waals surface area contributed by atoms with Crippen molar-refractivity contribution in [2.45, 2.75) is 13.8 Å². The van der Waals surface area contributed by atoms with Crippen molar-refractivity contribution in [1.29, 1.82) is 0 Å². The maximum absolute atomic E-state index is 12.4. The van der Waals surface area contributed by atoms with Gasteiger partial charge in [-0.3, -0.25) is 25.8 Å². The van der Waals surface area contributed by atoms with E-state index in [0.29, 0.717) is 22.9 Å². The van der Waals surface area contributed by atoms with Crippen molar-refractivity contribution in [2.24, 2.45) is 5.92 Å². The highest BCUT2D eigenvalue weighted by molar-refractivity contribution is 6.36. The molecule has 0 fully saturated rings. The largest absolute Gasteiger partial charge is 0.462 e. The average Bonchev–Trinajstić information content (AvgIpc) is 2.81. The van der Waals surface area contributed by atoms with E-state index in [2.05, 4.69) is 26.1 Å². The minimum absolute atomic E-state index is 0.102. The second-order valence-corrected chi connectivity index (χ2v) is 8.42. The van der Waals surface area contributed by atoms with Gasteiger partial charge in [-0.05, 0) is 48.4 Å². The van der Waals surface area contributed by atoms with Crippen LogP contribution in [-0.2, 0) is 4.74 Å². The SMILES string of the molecule is CC(C)COC(=O)c1ccc(Nc2ncnc(NNC(=O)c3ccc(Cl)cc3Cl)c2[N+](=O)[O-])cc1. The summed E-state index contributed by atoms with van der Waals surface area (Å²) in [4.78, 5) is 43.3. The van der Waals surface area contributed by atoms with E-state index in [1.807, 2.05) is 13.8 Å². The first-order valence-electron chi connectivity index (χ1n) is 10.2. The highest BCUT2D eigenvalue weighted by Gasteiger charge is 2.24. The fraction of sp³-hybridized carbons (Fsp3) is 0.182. The van der Waals surface area contributed by atoms with Crippen LogP contribution in [0.2, 0.25) is 10.0 Å². The number of ether oxygens (including phenoxy) is 1. The molecule has 0 radical (unpaired) electrons. The van der Waals surface area contributed by atoms with Gasteiger partial charge in [0.05, 0.1) is 27.7 Å². The molecule has 0 aliphatic heterocycles. The lowest BCUT2D eigenvalue weighted by atomic mass is 10.2.